The van der Waals surface area contributed by atoms with E-state index in [1.165, 1.54) is 5.56 Å². The van der Waals surface area contributed by atoms with Gasteiger partial charge in [-0.2, -0.15) is 0 Å². The average molecular weight is 308 g/mol. The zero-order valence-corrected chi connectivity index (χ0v) is 12.9. The topological polar surface area (TPSA) is 41.6 Å². The van der Waals surface area contributed by atoms with Crippen LogP contribution in [0.3, 0.4) is 0 Å². The van der Waals surface area contributed by atoms with Gasteiger partial charge in [0.25, 0.3) is 5.91 Å². The van der Waals surface area contributed by atoms with Gasteiger partial charge >= 0.3 is 0 Å². The van der Waals surface area contributed by atoms with Crippen molar-refractivity contribution in [3.05, 3.63) is 27.6 Å². The second kappa shape index (κ2) is 5.63. The summed E-state index contributed by atoms with van der Waals surface area (Å²) in [6.07, 6.45) is 4.05. The Bertz CT molecular complexity index is 573. The molecule has 0 saturated carbocycles. The Morgan fingerprint density at radius 3 is 3.15 bits per heavy atom. The number of thiophene rings is 1. The molecule has 2 saturated heterocycles. The molecule has 0 aromatic carbocycles. The predicted molar refractivity (Wildman–Crippen MR) is 83.5 cm³/mol. The van der Waals surface area contributed by atoms with Crippen LogP contribution < -0.4 is 5.32 Å². The standard InChI is InChI=1S/C14H16N2O2S2/c1-9-4-6-20-12(9)7-11-13(17)16(14(19)15-11)8-10-3-2-5-18-10/h4,6-7,10H,2-3,5,8H2,1H3,(H,15,19)/b11-7-/t10-/m1/s1. The van der Waals surface area contributed by atoms with Gasteiger partial charge in [0.05, 0.1) is 12.6 Å². The van der Waals surface area contributed by atoms with Gasteiger partial charge in [-0.1, -0.05) is 0 Å². The maximum absolute atomic E-state index is 12.4. The van der Waals surface area contributed by atoms with E-state index >= 15 is 0 Å². The first-order valence-corrected chi connectivity index (χ1v) is 7.94. The predicted octanol–water partition coefficient (Wildman–Crippen LogP) is 2.29. The van der Waals surface area contributed by atoms with E-state index < -0.39 is 0 Å². The van der Waals surface area contributed by atoms with Crippen molar-refractivity contribution >= 4 is 40.7 Å². The summed E-state index contributed by atoms with van der Waals surface area (Å²) in [7, 11) is 0. The molecule has 0 spiro atoms. The number of hydrogen-bond acceptors (Lipinski definition) is 4. The van der Waals surface area contributed by atoms with Crippen LogP contribution in [0.4, 0.5) is 0 Å². The maximum Gasteiger partial charge on any atom is 0.276 e. The monoisotopic (exact) mass is 308 g/mol. The third-order valence-corrected chi connectivity index (χ3v) is 4.84. The van der Waals surface area contributed by atoms with E-state index in [0.717, 1.165) is 24.3 Å². The molecule has 0 aliphatic carbocycles. The van der Waals surface area contributed by atoms with E-state index in [0.29, 0.717) is 17.4 Å². The van der Waals surface area contributed by atoms with Gasteiger partial charge in [-0.15, -0.1) is 11.3 Å². The summed E-state index contributed by atoms with van der Waals surface area (Å²) in [6.45, 7) is 3.36. The minimum atomic E-state index is -0.0571. The Labute approximate surface area is 127 Å². The number of amides is 1. The molecule has 0 bridgehead atoms. The van der Waals surface area contributed by atoms with Gasteiger partial charge in [0, 0.05) is 11.5 Å². The molecule has 0 unspecified atom stereocenters. The molecule has 106 valence electrons. The second-order valence-electron chi connectivity index (χ2n) is 5.01. The van der Waals surface area contributed by atoms with Crippen LogP contribution in [0, 0.1) is 6.92 Å². The van der Waals surface area contributed by atoms with E-state index in [4.69, 9.17) is 17.0 Å². The molecular weight excluding hydrogens is 292 g/mol. The lowest BCUT2D eigenvalue weighted by atomic mass is 10.2. The Morgan fingerprint density at radius 2 is 2.50 bits per heavy atom. The van der Waals surface area contributed by atoms with Crippen molar-refractivity contribution in [1.82, 2.24) is 10.2 Å². The summed E-state index contributed by atoms with van der Waals surface area (Å²) < 4.78 is 5.57. The van der Waals surface area contributed by atoms with Crippen LogP contribution in [0.5, 0.6) is 0 Å². The number of carbonyl (C=O) groups excluding carboxylic acids is 1. The Kier molecular flexibility index (Phi) is 3.87. The van der Waals surface area contributed by atoms with Crippen LogP contribution in [0.15, 0.2) is 17.1 Å². The van der Waals surface area contributed by atoms with Crippen LogP contribution in [-0.4, -0.2) is 35.2 Å². The molecule has 3 heterocycles. The normalized spacial score (nSPS) is 24.8. The SMILES string of the molecule is Cc1ccsc1/C=C1\NC(=S)N(C[C@H]2CCCO2)C1=O. The number of ether oxygens (including phenoxy) is 1. The van der Waals surface area contributed by atoms with Crippen LogP contribution in [0.1, 0.15) is 23.3 Å². The van der Waals surface area contributed by atoms with Crippen LogP contribution in [-0.2, 0) is 9.53 Å². The molecule has 6 heteroatoms. The first kappa shape index (κ1) is 13.7. The van der Waals surface area contributed by atoms with Crippen molar-refractivity contribution in [2.24, 2.45) is 0 Å². The van der Waals surface area contributed by atoms with Crippen molar-refractivity contribution in [2.75, 3.05) is 13.2 Å². The highest BCUT2D eigenvalue weighted by Gasteiger charge is 2.33. The fourth-order valence-corrected chi connectivity index (χ4v) is 3.52. The van der Waals surface area contributed by atoms with Crippen molar-refractivity contribution in [1.29, 1.82) is 0 Å². The number of nitrogens with one attached hydrogen (secondary N) is 1. The summed E-state index contributed by atoms with van der Waals surface area (Å²) in [6, 6.07) is 2.04. The van der Waals surface area contributed by atoms with E-state index in [1.807, 2.05) is 24.4 Å². The van der Waals surface area contributed by atoms with Crippen molar-refractivity contribution in [3.63, 3.8) is 0 Å². The molecule has 2 aliphatic rings. The van der Waals surface area contributed by atoms with E-state index in [2.05, 4.69) is 5.32 Å². The molecule has 2 aliphatic heterocycles. The molecule has 3 rings (SSSR count). The highest BCUT2D eigenvalue weighted by Crippen LogP contribution is 2.22. The van der Waals surface area contributed by atoms with Gasteiger partial charge in [-0.25, -0.2) is 0 Å². The zero-order valence-electron chi connectivity index (χ0n) is 11.2. The summed E-state index contributed by atoms with van der Waals surface area (Å²) in [5.74, 6) is -0.0571. The van der Waals surface area contributed by atoms with Gasteiger partial charge in [0.15, 0.2) is 5.11 Å². The van der Waals surface area contributed by atoms with E-state index in [9.17, 15) is 4.79 Å². The molecule has 0 radical (unpaired) electrons. The van der Waals surface area contributed by atoms with Crippen molar-refractivity contribution < 1.29 is 9.53 Å². The summed E-state index contributed by atoms with van der Waals surface area (Å²) >= 11 is 6.88. The largest absolute Gasteiger partial charge is 0.376 e. The summed E-state index contributed by atoms with van der Waals surface area (Å²) in [4.78, 5) is 15.1. The number of nitrogens with zero attached hydrogens (tertiary/aromatic N) is 1. The molecule has 1 aromatic heterocycles. The molecular formula is C14H16N2O2S2. The van der Waals surface area contributed by atoms with E-state index in [-0.39, 0.29) is 12.0 Å². The van der Waals surface area contributed by atoms with Gasteiger partial charge < -0.3 is 10.1 Å². The number of thiocarbonyl (C=S) groups is 1. The fraction of sp³-hybridized carbons (Fsp3) is 0.429. The number of hydrogen-bond donors (Lipinski definition) is 1. The smallest absolute Gasteiger partial charge is 0.276 e. The fourth-order valence-electron chi connectivity index (χ4n) is 2.39. The molecule has 4 nitrogen and oxygen atoms in total. The Balaban J connectivity index is 1.76. The number of carbonyl (C=O) groups is 1. The average Bonchev–Trinajstić information content (AvgIpc) is 3.11. The first-order chi connectivity index (χ1) is 9.65. The number of aryl methyl sites for hydroxylation is 1. The first-order valence-electron chi connectivity index (χ1n) is 6.65. The molecule has 1 amide bonds. The van der Waals surface area contributed by atoms with Gasteiger partial charge in [-0.05, 0) is 55.1 Å². The van der Waals surface area contributed by atoms with Crippen molar-refractivity contribution in [2.45, 2.75) is 25.9 Å². The molecule has 1 atom stereocenters. The van der Waals surface area contributed by atoms with E-state index in [1.54, 1.807) is 16.2 Å². The lowest BCUT2D eigenvalue weighted by Gasteiger charge is -2.18. The van der Waals surface area contributed by atoms with Gasteiger partial charge in [-0.3, -0.25) is 9.69 Å². The maximum atomic E-state index is 12.4. The lowest BCUT2D eigenvalue weighted by Crippen LogP contribution is -2.37. The Hall–Kier alpha value is -1.24. The minimum absolute atomic E-state index is 0.0571. The molecule has 2 fully saturated rings. The van der Waals surface area contributed by atoms with Crippen LogP contribution in [0.2, 0.25) is 0 Å². The zero-order chi connectivity index (χ0) is 14.1. The van der Waals surface area contributed by atoms with Gasteiger partial charge in [0.1, 0.15) is 5.70 Å². The second-order valence-corrected chi connectivity index (χ2v) is 6.34. The van der Waals surface area contributed by atoms with Gasteiger partial charge in [0.2, 0.25) is 0 Å². The summed E-state index contributed by atoms with van der Waals surface area (Å²) in [5.41, 5.74) is 1.72. The quantitative estimate of drug-likeness (QED) is 0.687. The van der Waals surface area contributed by atoms with Crippen LogP contribution in [0.25, 0.3) is 6.08 Å². The minimum Gasteiger partial charge on any atom is -0.376 e. The number of rotatable bonds is 3. The lowest BCUT2D eigenvalue weighted by molar-refractivity contribution is -0.123. The highest BCUT2D eigenvalue weighted by atomic mass is 32.1. The third kappa shape index (κ3) is 2.63. The third-order valence-electron chi connectivity index (χ3n) is 3.55. The molecule has 1 aromatic rings. The van der Waals surface area contributed by atoms with Crippen LogP contribution >= 0.6 is 23.6 Å². The van der Waals surface area contributed by atoms with Crippen molar-refractivity contribution in [3.8, 4) is 0 Å². The summed E-state index contributed by atoms with van der Waals surface area (Å²) in [5, 5.41) is 5.51. The molecule has 1 N–H and O–H groups in total. The molecule has 20 heavy (non-hydrogen) atoms. The highest BCUT2D eigenvalue weighted by molar-refractivity contribution is 7.80. The Morgan fingerprint density at radius 1 is 1.65 bits per heavy atom.